The number of sulfonamides is 1. The second-order valence-corrected chi connectivity index (χ2v) is 7.32. The fourth-order valence-electron chi connectivity index (χ4n) is 2.34. The van der Waals surface area contributed by atoms with Crippen LogP contribution in [0.15, 0.2) is 59.5 Å². The Hall–Kier alpha value is -2.18. The summed E-state index contributed by atoms with van der Waals surface area (Å²) in [4.78, 5) is 11.8. The molecule has 6 heteroatoms. The number of aryl methyl sites for hydroxylation is 1. The SMILES string of the molecule is COC(=O)C[C@H](Cc1ccccc1)NS(=O)(=O)c1ccc(C)cc1. The summed E-state index contributed by atoms with van der Waals surface area (Å²) in [5.74, 6) is -0.456. The van der Waals surface area contributed by atoms with E-state index in [2.05, 4.69) is 9.46 Å². The summed E-state index contributed by atoms with van der Waals surface area (Å²) in [7, 11) is -2.42. The van der Waals surface area contributed by atoms with Gasteiger partial charge in [0, 0.05) is 6.04 Å². The standard InChI is InChI=1S/C18H21NO4S/c1-14-8-10-17(11-9-14)24(21,22)19-16(13-18(20)23-2)12-15-6-4-3-5-7-15/h3-11,16,19H,12-13H2,1-2H3/t16-/m0/s1. The second-order valence-electron chi connectivity index (χ2n) is 5.60. The Bertz CT molecular complexity index is 770. The van der Waals surface area contributed by atoms with Gasteiger partial charge in [-0.2, -0.15) is 0 Å². The monoisotopic (exact) mass is 347 g/mol. The van der Waals surface area contributed by atoms with Crippen LogP contribution in [0.3, 0.4) is 0 Å². The molecule has 0 aliphatic carbocycles. The number of carbonyl (C=O) groups is 1. The smallest absolute Gasteiger partial charge is 0.307 e. The average Bonchev–Trinajstić information content (AvgIpc) is 2.55. The lowest BCUT2D eigenvalue weighted by molar-refractivity contribution is -0.141. The van der Waals surface area contributed by atoms with Crippen LogP contribution in [0.1, 0.15) is 17.5 Å². The van der Waals surface area contributed by atoms with Crippen LogP contribution in [-0.4, -0.2) is 27.5 Å². The third kappa shape index (κ3) is 5.18. The third-order valence-corrected chi connectivity index (χ3v) is 5.16. The van der Waals surface area contributed by atoms with Crippen molar-refractivity contribution in [2.75, 3.05) is 7.11 Å². The van der Waals surface area contributed by atoms with E-state index in [0.717, 1.165) is 11.1 Å². The zero-order valence-electron chi connectivity index (χ0n) is 13.7. The first-order valence-electron chi connectivity index (χ1n) is 7.60. The van der Waals surface area contributed by atoms with Crippen molar-refractivity contribution >= 4 is 16.0 Å². The van der Waals surface area contributed by atoms with E-state index >= 15 is 0 Å². The van der Waals surface area contributed by atoms with Gasteiger partial charge in [0.05, 0.1) is 18.4 Å². The quantitative estimate of drug-likeness (QED) is 0.781. The first-order chi connectivity index (χ1) is 11.4. The highest BCUT2D eigenvalue weighted by molar-refractivity contribution is 7.89. The van der Waals surface area contributed by atoms with Crippen LogP contribution in [0, 0.1) is 6.92 Å². The van der Waals surface area contributed by atoms with Gasteiger partial charge in [0.15, 0.2) is 0 Å². The normalized spacial score (nSPS) is 12.6. The van der Waals surface area contributed by atoms with Crippen molar-refractivity contribution in [1.29, 1.82) is 0 Å². The molecule has 1 atom stereocenters. The molecule has 0 fully saturated rings. The van der Waals surface area contributed by atoms with E-state index in [1.54, 1.807) is 24.3 Å². The zero-order valence-corrected chi connectivity index (χ0v) is 14.5. The number of methoxy groups -OCH3 is 1. The largest absolute Gasteiger partial charge is 0.469 e. The molecular weight excluding hydrogens is 326 g/mol. The highest BCUT2D eigenvalue weighted by Gasteiger charge is 2.23. The minimum Gasteiger partial charge on any atom is -0.469 e. The molecule has 128 valence electrons. The summed E-state index contributed by atoms with van der Waals surface area (Å²) >= 11 is 0. The summed E-state index contributed by atoms with van der Waals surface area (Å²) in [6.07, 6.45) is 0.373. The van der Waals surface area contributed by atoms with Crippen molar-refractivity contribution in [3.63, 3.8) is 0 Å². The van der Waals surface area contributed by atoms with Crippen molar-refractivity contribution in [2.45, 2.75) is 30.7 Å². The lowest BCUT2D eigenvalue weighted by Gasteiger charge is -2.18. The first kappa shape index (κ1) is 18.2. The number of esters is 1. The van der Waals surface area contributed by atoms with Crippen LogP contribution in [0.2, 0.25) is 0 Å². The number of rotatable bonds is 7. The minimum atomic E-state index is -3.71. The van der Waals surface area contributed by atoms with Gasteiger partial charge in [0.2, 0.25) is 10.0 Å². The molecule has 0 saturated heterocycles. The molecule has 0 aliphatic heterocycles. The van der Waals surface area contributed by atoms with E-state index in [0.29, 0.717) is 6.42 Å². The van der Waals surface area contributed by atoms with Crippen LogP contribution in [0.4, 0.5) is 0 Å². The van der Waals surface area contributed by atoms with Crippen molar-refractivity contribution in [3.8, 4) is 0 Å². The van der Waals surface area contributed by atoms with E-state index in [4.69, 9.17) is 0 Å². The zero-order chi connectivity index (χ0) is 17.6. The van der Waals surface area contributed by atoms with Gasteiger partial charge in [-0.1, -0.05) is 48.0 Å². The van der Waals surface area contributed by atoms with E-state index in [1.807, 2.05) is 37.3 Å². The van der Waals surface area contributed by atoms with Crippen LogP contribution >= 0.6 is 0 Å². The number of nitrogens with one attached hydrogen (secondary N) is 1. The predicted molar refractivity (Wildman–Crippen MR) is 92.1 cm³/mol. The summed E-state index contributed by atoms with van der Waals surface area (Å²) in [5.41, 5.74) is 1.92. The van der Waals surface area contributed by atoms with Gasteiger partial charge in [-0.15, -0.1) is 0 Å². The van der Waals surface area contributed by atoms with Crippen molar-refractivity contribution in [1.82, 2.24) is 4.72 Å². The fraction of sp³-hybridized carbons (Fsp3) is 0.278. The number of hydrogen-bond acceptors (Lipinski definition) is 4. The summed E-state index contributed by atoms with van der Waals surface area (Å²) < 4.78 is 32.4. The molecule has 0 radical (unpaired) electrons. The van der Waals surface area contributed by atoms with Crippen molar-refractivity contribution in [3.05, 3.63) is 65.7 Å². The third-order valence-electron chi connectivity index (χ3n) is 3.62. The molecule has 24 heavy (non-hydrogen) atoms. The molecule has 5 nitrogen and oxygen atoms in total. The Balaban J connectivity index is 2.20. The van der Waals surface area contributed by atoms with E-state index in [9.17, 15) is 13.2 Å². The first-order valence-corrected chi connectivity index (χ1v) is 9.09. The van der Waals surface area contributed by atoms with Gasteiger partial charge in [-0.25, -0.2) is 13.1 Å². The number of hydrogen-bond donors (Lipinski definition) is 1. The number of benzene rings is 2. The molecule has 0 amide bonds. The van der Waals surface area contributed by atoms with Gasteiger partial charge in [-0.05, 0) is 31.0 Å². The second kappa shape index (κ2) is 8.08. The minimum absolute atomic E-state index is 0.0313. The molecule has 0 saturated carbocycles. The highest BCUT2D eigenvalue weighted by Crippen LogP contribution is 2.14. The van der Waals surface area contributed by atoms with Gasteiger partial charge in [-0.3, -0.25) is 4.79 Å². The Morgan fingerprint density at radius 1 is 1.08 bits per heavy atom. The van der Waals surface area contributed by atoms with Crippen molar-refractivity contribution < 1.29 is 17.9 Å². The maximum absolute atomic E-state index is 12.6. The van der Waals surface area contributed by atoms with E-state index in [1.165, 1.54) is 7.11 Å². The Labute approximate surface area is 142 Å². The Kier molecular flexibility index (Phi) is 6.11. The molecule has 0 heterocycles. The van der Waals surface area contributed by atoms with Crippen LogP contribution in [0.25, 0.3) is 0 Å². The van der Waals surface area contributed by atoms with Crippen molar-refractivity contribution in [2.24, 2.45) is 0 Å². The molecule has 0 aromatic heterocycles. The molecule has 0 aliphatic rings. The Morgan fingerprint density at radius 3 is 2.29 bits per heavy atom. The summed E-state index contributed by atoms with van der Waals surface area (Å²) in [5, 5.41) is 0. The van der Waals surface area contributed by atoms with Gasteiger partial charge < -0.3 is 4.74 Å². The van der Waals surface area contributed by atoms with E-state index < -0.39 is 22.0 Å². The van der Waals surface area contributed by atoms with Crippen LogP contribution in [0.5, 0.6) is 0 Å². The van der Waals surface area contributed by atoms with Crippen LogP contribution in [-0.2, 0) is 26.0 Å². The molecule has 2 aromatic carbocycles. The predicted octanol–water partition coefficient (Wildman–Crippen LogP) is 2.45. The maximum Gasteiger partial charge on any atom is 0.307 e. The lowest BCUT2D eigenvalue weighted by Crippen LogP contribution is -2.38. The fourth-order valence-corrected chi connectivity index (χ4v) is 3.58. The lowest BCUT2D eigenvalue weighted by atomic mass is 10.0. The molecular formula is C18H21NO4S. The average molecular weight is 347 g/mol. The highest BCUT2D eigenvalue weighted by atomic mass is 32.2. The number of carbonyl (C=O) groups excluding carboxylic acids is 1. The molecule has 0 spiro atoms. The van der Waals surface area contributed by atoms with Gasteiger partial charge >= 0.3 is 5.97 Å². The maximum atomic E-state index is 12.6. The molecule has 2 aromatic rings. The summed E-state index contributed by atoms with van der Waals surface area (Å²) in [6, 6.07) is 15.4. The molecule has 2 rings (SSSR count). The van der Waals surface area contributed by atoms with Gasteiger partial charge in [0.25, 0.3) is 0 Å². The molecule has 0 unspecified atom stereocenters. The molecule has 0 bridgehead atoms. The number of ether oxygens (including phenoxy) is 1. The van der Waals surface area contributed by atoms with E-state index in [-0.39, 0.29) is 11.3 Å². The summed E-state index contributed by atoms with van der Waals surface area (Å²) in [6.45, 7) is 1.89. The molecule has 1 N–H and O–H groups in total. The van der Waals surface area contributed by atoms with Gasteiger partial charge in [0.1, 0.15) is 0 Å². The topological polar surface area (TPSA) is 72.5 Å². The van der Waals surface area contributed by atoms with Crippen LogP contribution < -0.4 is 4.72 Å². The Morgan fingerprint density at radius 2 is 1.71 bits per heavy atom.